The van der Waals surface area contributed by atoms with Crippen molar-refractivity contribution in [2.24, 2.45) is 5.92 Å². The monoisotopic (exact) mass is 343 g/mol. The third kappa shape index (κ3) is 3.06. The minimum atomic E-state index is -0.212. The molecule has 1 aliphatic heterocycles. The first-order valence-electron chi connectivity index (χ1n) is 8.89. The summed E-state index contributed by atoms with van der Waals surface area (Å²) < 4.78 is 1.37. The average Bonchev–Trinajstić information content (AvgIpc) is 2.61. The second kappa shape index (κ2) is 6.96. The number of nitrogens with zero attached hydrogens (tertiary/aromatic N) is 3. The lowest BCUT2D eigenvalue weighted by molar-refractivity contribution is 0.0353. The Morgan fingerprint density at radius 2 is 2.00 bits per heavy atom. The summed E-state index contributed by atoms with van der Waals surface area (Å²) in [5.74, 6) is 0.0289. The fraction of sp³-hybridized carbons (Fsp3) is 0.526. The van der Waals surface area contributed by atoms with E-state index in [1.807, 2.05) is 19.9 Å². The van der Waals surface area contributed by atoms with Crippen LogP contribution in [0.4, 0.5) is 0 Å². The zero-order chi connectivity index (χ0) is 18.1. The zero-order valence-corrected chi connectivity index (χ0v) is 15.0. The number of piperidine rings is 1. The van der Waals surface area contributed by atoms with Gasteiger partial charge < -0.3 is 10.0 Å². The van der Waals surface area contributed by atoms with Gasteiger partial charge in [0.15, 0.2) is 5.69 Å². The van der Waals surface area contributed by atoms with Crippen molar-refractivity contribution < 1.29 is 9.90 Å². The van der Waals surface area contributed by atoms with Crippen molar-refractivity contribution in [1.82, 2.24) is 14.7 Å². The van der Waals surface area contributed by atoms with Gasteiger partial charge in [0, 0.05) is 11.9 Å². The molecule has 1 N–H and O–H groups in total. The summed E-state index contributed by atoms with van der Waals surface area (Å²) in [6.45, 7) is 6.34. The molecule has 6 nitrogen and oxygen atoms in total. The molecule has 25 heavy (non-hydrogen) atoms. The maximum Gasteiger partial charge on any atom is 0.275 e. The predicted molar refractivity (Wildman–Crippen MR) is 96.7 cm³/mol. The number of likely N-dealkylation sites (tertiary alicyclic amines) is 1. The lowest BCUT2D eigenvalue weighted by Gasteiger charge is -2.39. The fourth-order valence-electron chi connectivity index (χ4n) is 3.63. The number of hydrogen-bond donors (Lipinski definition) is 1. The van der Waals surface area contributed by atoms with E-state index < -0.39 is 0 Å². The largest absolute Gasteiger partial charge is 0.394 e. The minimum Gasteiger partial charge on any atom is -0.394 e. The van der Waals surface area contributed by atoms with E-state index in [9.17, 15) is 14.7 Å². The summed E-state index contributed by atoms with van der Waals surface area (Å²) in [6, 6.07) is 6.75. The van der Waals surface area contributed by atoms with Crippen LogP contribution >= 0.6 is 0 Å². The molecule has 0 aliphatic carbocycles. The molecule has 1 amide bonds. The first-order chi connectivity index (χ1) is 12.0. The highest BCUT2D eigenvalue weighted by Gasteiger charge is 2.33. The summed E-state index contributed by atoms with van der Waals surface area (Å²) in [6.07, 6.45) is 1.90. The highest BCUT2D eigenvalue weighted by molar-refractivity contribution is 6.04. The Morgan fingerprint density at radius 1 is 1.32 bits per heavy atom. The van der Waals surface area contributed by atoms with Crippen LogP contribution in [0, 0.1) is 5.92 Å². The number of aromatic nitrogens is 2. The van der Waals surface area contributed by atoms with Crippen molar-refractivity contribution in [2.75, 3.05) is 13.2 Å². The fourth-order valence-corrected chi connectivity index (χ4v) is 3.63. The summed E-state index contributed by atoms with van der Waals surface area (Å²) in [4.78, 5) is 27.6. The molecule has 6 heteroatoms. The smallest absolute Gasteiger partial charge is 0.275 e. The van der Waals surface area contributed by atoms with Crippen LogP contribution < -0.4 is 5.56 Å². The van der Waals surface area contributed by atoms with Gasteiger partial charge in [0.1, 0.15) is 0 Å². The van der Waals surface area contributed by atoms with Crippen LogP contribution in [0.25, 0.3) is 10.8 Å². The van der Waals surface area contributed by atoms with Crippen molar-refractivity contribution in [1.29, 1.82) is 0 Å². The van der Waals surface area contributed by atoms with E-state index in [1.165, 1.54) is 4.68 Å². The lowest BCUT2D eigenvalue weighted by Crippen LogP contribution is -2.50. The first kappa shape index (κ1) is 17.6. The van der Waals surface area contributed by atoms with Crippen molar-refractivity contribution in [3.63, 3.8) is 0 Å². The van der Waals surface area contributed by atoms with Crippen LogP contribution in [0.1, 0.15) is 50.1 Å². The molecule has 2 atom stereocenters. The van der Waals surface area contributed by atoms with Crippen molar-refractivity contribution >= 4 is 16.7 Å². The number of carbonyl (C=O) groups is 1. The highest BCUT2D eigenvalue weighted by Crippen LogP contribution is 2.26. The van der Waals surface area contributed by atoms with Crippen LogP contribution in [0.5, 0.6) is 0 Å². The van der Waals surface area contributed by atoms with Gasteiger partial charge in [0.2, 0.25) is 0 Å². The molecular weight excluding hydrogens is 318 g/mol. The minimum absolute atomic E-state index is 0.0609. The van der Waals surface area contributed by atoms with E-state index in [0.717, 1.165) is 12.8 Å². The van der Waals surface area contributed by atoms with Gasteiger partial charge in [-0.1, -0.05) is 25.1 Å². The quantitative estimate of drug-likeness (QED) is 0.927. The van der Waals surface area contributed by atoms with Gasteiger partial charge in [0.05, 0.1) is 24.1 Å². The van der Waals surface area contributed by atoms with E-state index >= 15 is 0 Å². The van der Waals surface area contributed by atoms with Crippen LogP contribution in [0.2, 0.25) is 0 Å². The van der Waals surface area contributed by atoms with Gasteiger partial charge in [-0.2, -0.15) is 5.10 Å². The molecule has 134 valence electrons. The summed E-state index contributed by atoms with van der Waals surface area (Å²) in [5.41, 5.74) is 0.101. The van der Waals surface area contributed by atoms with E-state index in [1.54, 1.807) is 23.1 Å². The number of rotatable bonds is 3. The number of aliphatic hydroxyl groups is 1. The van der Waals surface area contributed by atoms with Crippen LogP contribution in [0.3, 0.4) is 0 Å². The second-order valence-electron chi connectivity index (χ2n) is 7.11. The van der Waals surface area contributed by atoms with Crippen molar-refractivity contribution in [2.45, 2.75) is 45.7 Å². The standard InChI is InChI=1S/C19H25N3O3/c1-12(2)22-18(24)15-9-5-4-8-14(15)17(20-22)19(25)21-10-6-7-13(3)16(21)11-23/h4-5,8-9,12-13,16,23H,6-7,10-11H2,1-3H3. The van der Waals surface area contributed by atoms with Gasteiger partial charge in [-0.05, 0) is 38.7 Å². The predicted octanol–water partition coefficient (Wildman–Crippen LogP) is 2.21. The molecule has 0 radical (unpaired) electrons. The number of benzene rings is 1. The van der Waals surface area contributed by atoms with Crippen molar-refractivity contribution in [3.05, 3.63) is 40.3 Å². The molecule has 1 aliphatic rings. The van der Waals surface area contributed by atoms with Gasteiger partial charge >= 0.3 is 0 Å². The van der Waals surface area contributed by atoms with E-state index in [4.69, 9.17) is 0 Å². The highest BCUT2D eigenvalue weighted by atomic mass is 16.3. The third-order valence-electron chi connectivity index (χ3n) is 5.08. The zero-order valence-electron chi connectivity index (χ0n) is 15.0. The Bertz CT molecular complexity index is 843. The number of aliphatic hydroxyl groups excluding tert-OH is 1. The van der Waals surface area contributed by atoms with Crippen molar-refractivity contribution in [3.8, 4) is 0 Å². The Hall–Kier alpha value is -2.21. The molecule has 1 aromatic carbocycles. The van der Waals surface area contributed by atoms with E-state index in [-0.39, 0.29) is 41.8 Å². The van der Waals surface area contributed by atoms with Gasteiger partial charge in [-0.15, -0.1) is 0 Å². The SMILES string of the molecule is CC1CCCN(C(=O)c2nn(C(C)C)c(=O)c3ccccc23)C1CO. The molecule has 2 heterocycles. The summed E-state index contributed by atoms with van der Waals surface area (Å²) >= 11 is 0. The van der Waals surface area contributed by atoms with Crippen LogP contribution in [-0.2, 0) is 0 Å². The molecule has 2 unspecified atom stereocenters. The second-order valence-corrected chi connectivity index (χ2v) is 7.11. The molecule has 1 aromatic heterocycles. The normalized spacial score (nSPS) is 21.1. The van der Waals surface area contributed by atoms with Gasteiger partial charge in [-0.25, -0.2) is 4.68 Å². The maximum atomic E-state index is 13.3. The Labute approximate surface area is 147 Å². The topological polar surface area (TPSA) is 75.4 Å². The lowest BCUT2D eigenvalue weighted by atomic mass is 9.91. The van der Waals surface area contributed by atoms with E-state index in [2.05, 4.69) is 12.0 Å². The molecule has 1 fully saturated rings. The molecule has 1 saturated heterocycles. The number of carbonyl (C=O) groups excluding carboxylic acids is 1. The summed E-state index contributed by atoms with van der Waals surface area (Å²) in [7, 11) is 0. The maximum absolute atomic E-state index is 13.3. The Kier molecular flexibility index (Phi) is 4.90. The third-order valence-corrected chi connectivity index (χ3v) is 5.08. The Morgan fingerprint density at radius 3 is 2.64 bits per heavy atom. The molecule has 2 aromatic rings. The molecule has 0 bridgehead atoms. The van der Waals surface area contributed by atoms with Gasteiger partial charge in [-0.3, -0.25) is 9.59 Å². The molecular formula is C19H25N3O3. The Balaban J connectivity index is 2.16. The molecule has 0 spiro atoms. The number of fused-ring (bicyclic) bond motifs is 1. The summed E-state index contributed by atoms with van der Waals surface area (Å²) in [5, 5.41) is 15.2. The number of hydrogen-bond acceptors (Lipinski definition) is 4. The molecule has 3 rings (SSSR count). The molecule has 0 saturated carbocycles. The van der Waals surface area contributed by atoms with Crippen LogP contribution in [0.15, 0.2) is 29.1 Å². The van der Waals surface area contributed by atoms with E-state index in [0.29, 0.717) is 17.3 Å². The van der Waals surface area contributed by atoms with Gasteiger partial charge in [0.25, 0.3) is 11.5 Å². The van der Waals surface area contributed by atoms with Crippen LogP contribution in [-0.4, -0.2) is 44.9 Å². The number of amides is 1. The average molecular weight is 343 g/mol. The first-order valence-corrected chi connectivity index (χ1v) is 8.89.